The van der Waals surface area contributed by atoms with E-state index in [1.807, 2.05) is 39.0 Å². The Bertz CT molecular complexity index is 486. The lowest BCUT2D eigenvalue weighted by Crippen LogP contribution is -2.36. The van der Waals surface area contributed by atoms with Crippen molar-refractivity contribution in [3.05, 3.63) is 29.3 Å². The zero-order chi connectivity index (χ0) is 14.6. The fourth-order valence-electron chi connectivity index (χ4n) is 1.78. The molecule has 0 bridgehead atoms. The van der Waals surface area contributed by atoms with E-state index in [0.29, 0.717) is 4.99 Å². The molecule has 0 saturated heterocycles. The average Bonchev–Trinajstić information content (AvgIpc) is 2.34. The molecule has 5 heteroatoms. The summed E-state index contributed by atoms with van der Waals surface area (Å²) in [5, 5.41) is 3.18. The van der Waals surface area contributed by atoms with Crippen LogP contribution in [-0.2, 0) is 9.53 Å². The zero-order valence-corrected chi connectivity index (χ0v) is 12.5. The third-order valence-corrected chi connectivity index (χ3v) is 3.09. The van der Waals surface area contributed by atoms with E-state index in [0.717, 1.165) is 16.8 Å². The highest BCUT2D eigenvalue weighted by atomic mass is 32.1. The van der Waals surface area contributed by atoms with Gasteiger partial charge in [-0.25, -0.2) is 4.79 Å². The Balaban J connectivity index is 3.11. The van der Waals surface area contributed by atoms with Crippen LogP contribution in [0.15, 0.2) is 18.2 Å². The first-order chi connectivity index (χ1) is 8.86. The van der Waals surface area contributed by atoms with Gasteiger partial charge in [-0.1, -0.05) is 32.1 Å². The normalized spacial score (nSPS) is 12.1. The summed E-state index contributed by atoms with van der Waals surface area (Å²) in [6.45, 7) is 5.87. The van der Waals surface area contributed by atoms with Crippen LogP contribution in [0.5, 0.6) is 0 Å². The van der Waals surface area contributed by atoms with Gasteiger partial charge in [0.2, 0.25) is 0 Å². The van der Waals surface area contributed by atoms with Gasteiger partial charge in [0.15, 0.2) is 0 Å². The minimum Gasteiger partial charge on any atom is -0.467 e. The summed E-state index contributed by atoms with van der Waals surface area (Å²) < 4.78 is 4.81. The highest BCUT2D eigenvalue weighted by Gasteiger charge is 2.23. The molecular weight excluding hydrogens is 260 g/mol. The number of carbonyl (C=O) groups excluding carboxylic acids is 1. The van der Waals surface area contributed by atoms with E-state index in [1.165, 1.54) is 7.11 Å². The minimum atomic E-state index is -0.431. The number of thiocarbonyl (C=S) groups is 1. The van der Waals surface area contributed by atoms with Crippen LogP contribution in [0.25, 0.3) is 0 Å². The fourth-order valence-corrected chi connectivity index (χ4v) is 1.96. The van der Waals surface area contributed by atoms with Crippen LogP contribution in [0, 0.1) is 12.8 Å². The van der Waals surface area contributed by atoms with Crippen molar-refractivity contribution in [1.29, 1.82) is 0 Å². The van der Waals surface area contributed by atoms with Gasteiger partial charge in [0, 0.05) is 11.3 Å². The number of methoxy groups -OCH3 is 1. The van der Waals surface area contributed by atoms with Crippen molar-refractivity contribution in [2.75, 3.05) is 12.4 Å². The van der Waals surface area contributed by atoms with Crippen molar-refractivity contribution in [3.8, 4) is 0 Å². The maximum atomic E-state index is 11.8. The second kappa shape index (κ2) is 6.52. The van der Waals surface area contributed by atoms with Crippen molar-refractivity contribution < 1.29 is 9.53 Å². The van der Waals surface area contributed by atoms with E-state index < -0.39 is 6.04 Å². The Morgan fingerprint density at radius 3 is 2.53 bits per heavy atom. The van der Waals surface area contributed by atoms with Crippen LogP contribution in [0.3, 0.4) is 0 Å². The number of nitrogens with one attached hydrogen (secondary N) is 1. The molecule has 0 saturated carbocycles. The summed E-state index contributed by atoms with van der Waals surface area (Å²) in [6.07, 6.45) is 0. The predicted octanol–water partition coefficient (Wildman–Crippen LogP) is 2.24. The van der Waals surface area contributed by atoms with E-state index >= 15 is 0 Å². The molecule has 0 aliphatic carbocycles. The molecule has 0 heterocycles. The molecule has 1 atom stereocenters. The first-order valence-corrected chi connectivity index (χ1v) is 6.52. The fraction of sp³-hybridized carbons (Fsp3) is 0.429. The first kappa shape index (κ1) is 15.4. The van der Waals surface area contributed by atoms with Gasteiger partial charge in [-0.05, 0) is 30.5 Å². The zero-order valence-electron chi connectivity index (χ0n) is 11.7. The molecule has 0 spiro atoms. The number of aryl methyl sites for hydroxylation is 1. The van der Waals surface area contributed by atoms with Gasteiger partial charge in [0.1, 0.15) is 11.0 Å². The molecule has 3 N–H and O–H groups in total. The Hall–Kier alpha value is -1.62. The van der Waals surface area contributed by atoms with E-state index in [9.17, 15) is 4.79 Å². The lowest BCUT2D eigenvalue weighted by Gasteiger charge is -2.22. The summed E-state index contributed by atoms with van der Waals surface area (Å²) >= 11 is 5.03. The van der Waals surface area contributed by atoms with Crippen molar-refractivity contribution in [2.24, 2.45) is 11.7 Å². The Labute approximate surface area is 119 Å². The molecule has 0 fully saturated rings. The molecule has 1 unspecified atom stereocenters. The maximum absolute atomic E-state index is 11.8. The van der Waals surface area contributed by atoms with E-state index in [2.05, 4.69) is 5.32 Å². The molecule has 104 valence electrons. The predicted molar refractivity (Wildman–Crippen MR) is 81.3 cm³/mol. The number of hydrogen-bond acceptors (Lipinski definition) is 4. The van der Waals surface area contributed by atoms with Crippen LogP contribution in [-0.4, -0.2) is 24.1 Å². The number of benzene rings is 1. The largest absolute Gasteiger partial charge is 0.467 e. The molecule has 0 aromatic heterocycles. The van der Waals surface area contributed by atoms with Gasteiger partial charge < -0.3 is 15.8 Å². The molecule has 19 heavy (non-hydrogen) atoms. The number of ether oxygens (including phenoxy) is 1. The van der Waals surface area contributed by atoms with E-state index in [4.69, 9.17) is 22.7 Å². The van der Waals surface area contributed by atoms with Crippen molar-refractivity contribution >= 4 is 28.9 Å². The molecular formula is C14H20N2O2S. The van der Waals surface area contributed by atoms with Crippen molar-refractivity contribution in [2.45, 2.75) is 26.8 Å². The standard InChI is InChI=1S/C14H20N2O2S/c1-8(2)12(14(17)18-4)16-11-7-9(3)5-6-10(11)13(15)19/h5-8,12,16H,1-4H3,(H2,15,19). The van der Waals surface area contributed by atoms with Crippen LogP contribution >= 0.6 is 12.2 Å². The Kier molecular flexibility index (Phi) is 5.30. The van der Waals surface area contributed by atoms with Gasteiger partial charge in [-0.2, -0.15) is 0 Å². The van der Waals surface area contributed by atoms with Gasteiger partial charge in [0.05, 0.1) is 7.11 Å². The third-order valence-electron chi connectivity index (χ3n) is 2.87. The lowest BCUT2D eigenvalue weighted by atomic mass is 10.0. The number of rotatable bonds is 5. The number of hydrogen-bond donors (Lipinski definition) is 2. The monoisotopic (exact) mass is 280 g/mol. The van der Waals surface area contributed by atoms with Crippen LogP contribution in [0.4, 0.5) is 5.69 Å². The molecule has 0 aliphatic rings. The molecule has 0 radical (unpaired) electrons. The molecule has 1 aromatic rings. The summed E-state index contributed by atoms with van der Waals surface area (Å²) in [5.41, 5.74) is 8.26. The van der Waals surface area contributed by atoms with Gasteiger partial charge in [-0.3, -0.25) is 0 Å². The number of carbonyl (C=O) groups is 1. The highest BCUT2D eigenvalue weighted by Crippen LogP contribution is 2.21. The van der Waals surface area contributed by atoms with E-state index in [1.54, 1.807) is 0 Å². The van der Waals surface area contributed by atoms with Crippen molar-refractivity contribution in [1.82, 2.24) is 0 Å². The molecule has 4 nitrogen and oxygen atoms in total. The number of nitrogens with two attached hydrogens (primary N) is 1. The van der Waals surface area contributed by atoms with E-state index in [-0.39, 0.29) is 11.9 Å². The van der Waals surface area contributed by atoms with Crippen LogP contribution < -0.4 is 11.1 Å². The summed E-state index contributed by atoms with van der Waals surface area (Å²) in [5.74, 6) is -0.211. The number of anilines is 1. The Morgan fingerprint density at radius 1 is 1.42 bits per heavy atom. The van der Waals surface area contributed by atoms with Gasteiger partial charge in [0.25, 0.3) is 0 Å². The summed E-state index contributed by atoms with van der Waals surface area (Å²) in [4.78, 5) is 12.1. The average molecular weight is 280 g/mol. The smallest absolute Gasteiger partial charge is 0.328 e. The lowest BCUT2D eigenvalue weighted by molar-refractivity contribution is -0.142. The summed E-state index contributed by atoms with van der Waals surface area (Å²) in [7, 11) is 1.38. The molecule has 1 rings (SSSR count). The summed E-state index contributed by atoms with van der Waals surface area (Å²) in [6, 6.07) is 5.28. The number of esters is 1. The Morgan fingerprint density at radius 2 is 2.05 bits per heavy atom. The molecule has 0 aliphatic heterocycles. The second-order valence-corrected chi connectivity index (χ2v) is 5.24. The highest BCUT2D eigenvalue weighted by molar-refractivity contribution is 7.80. The van der Waals surface area contributed by atoms with Crippen molar-refractivity contribution in [3.63, 3.8) is 0 Å². The maximum Gasteiger partial charge on any atom is 0.328 e. The first-order valence-electron chi connectivity index (χ1n) is 6.11. The van der Waals surface area contributed by atoms with Gasteiger partial charge in [-0.15, -0.1) is 0 Å². The molecule has 0 amide bonds. The molecule has 1 aromatic carbocycles. The topological polar surface area (TPSA) is 64.3 Å². The third kappa shape index (κ3) is 3.92. The second-order valence-electron chi connectivity index (χ2n) is 4.80. The minimum absolute atomic E-state index is 0.0900. The van der Waals surface area contributed by atoms with Crippen LogP contribution in [0.1, 0.15) is 25.0 Å². The van der Waals surface area contributed by atoms with Crippen LogP contribution in [0.2, 0.25) is 0 Å². The van der Waals surface area contributed by atoms with Gasteiger partial charge >= 0.3 is 5.97 Å². The SMILES string of the molecule is COC(=O)C(Nc1cc(C)ccc1C(N)=S)C(C)C. The quantitative estimate of drug-likeness (QED) is 0.639.